The molecular weight excluding hydrogens is 224 g/mol. The largest absolute Gasteiger partial charge is 0.305 e. The summed E-state index contributed by atoms with van der Waals surface area (Å²) in [6.45, 7) is 0.708. The molecule has 4 nitrogen and oxygen atoms in total. The topological polar surface area (TPSA) is 49.7 Å². The molecule has 1 aromatic carbocycles. The Balaban J connectivity index is 2.13. The molecule has 80 valence electrons. The van der Waals surface area contributed by atoms with Gasteiger partial charge in [-0.3, -0.25) is 19.5 Å². The molecular formula is C11H8N2O2S. The van der Waals surface area contributed by atoms with Crippen LogP contribution in [0.2, 0.25) is 0 Å². The molecule has 0 saturated carbocycles. The summed E-state index contributed by atoms with van der Waals surface area (Å²) in [5.41, 5.74) is 1.13. The number of carbonyl (C=O) groups excluding carboxylic acids is 2. The first-order valence-electron chi connectivity index (χ1n) is 4.94. The quantitative estimate of drug-likeness (QED) is 0.634. The molecule has 2 aliphatic rings. The van der Waals surface area contributed by atoms with Crippen LogP contribution in [-0.2, 0) is 4.79 Å². The zero-order valence-electron chi connectivity index (χ0n) is 8.34. The van der Waals surface area contributed by atoms with E-state index in [1.807, 2.05) is 6.07 Å². The molecule has 0 atom stereocenters. The zero-order chi connectivity index (χ0) is 11.1. The minimum Gasteiger partial charge on any atom is -0.283 e. The van der Waals surface area contributed by atoms with Crippen molar-refractivity contribution in [2.24, 2.45) is 4.99 Å². The Morgan fingerprint density at radius 3 is 2.81 bits per heavy atom. The highest BCUT2D eigenvalue weighted by atomic mass is 32.2. The number of hydrogen-bond acceptors (Lipinski definition) is 4. The minimum atomic E-state index is -0.491. The van der Waals surface area contributed by atoms with Crippen LogP contribution in [0.15, 0.2) is 29.3 Å². The first-order chi connectivity index (χ1) is 7.79. The van der Waals surface area contributed by atoms with Crippen molar-refractivity contribution in [3.05, 3.63) is 29.8 Å². The number of aliphatic imine (C=N–C) groups is 1. The Kier molecular flexibility index (Phi) is 2.07. The number of ketones is 1. The third-order valence-corrected chi connectivity index (χ3v) is 3.50. The second kappa shape index (κ2) is 3.45. The number of benzene rings is 1. The molecule has 0 aliphatic carbocycles. The number of thioether (sulfide) groups is 1. The maximum Gasteiger partial charge on any atom is 0.305 e. The summed E-state index contributed by atoms with van der Waals surface area (Å²) in [5.74, 6) is -0.0599. The van der Waals surface area contributed by atoms with Gasteiger partial charge in [0.2, 0.25) is 0 Å². The van der Waals surface area contributed by atoms with Gasteiger partial charge < -0.3 is 0 Å². The summed E-state index contributed by atoms with van der Waals surface area (Å²) in [4.78, 5) is 29.2. The van der Waals surface area contributed by atoms with Gasteiger partial charge in [0.05, 0.1) is 17.8 Å². The van der Waals surface area contributed by atoms with E-state index >= 15 is 0 Å². The molecule has 3 rings (SSSR count). The van der Waals surface area contributed by atoms with Crippen molar-refractivity contribution in [1.82, 2.24) is 0 Å². The molecule has 0 unspecified atom stereocenters. The molecule has 0 saturated heterocycles. The number of carbonyl (C=O) groups is 2. The highest BCUT2D eigenvalue weighted by Crippen LogP contribution is 2.32. The van der Waals surface area contributed by atoms with Crippen LogP contribution >= 0.6 is 11.8 Å². The number of para-hydroxylation sites is 1. The van der Waals surface area contributed by atoms with Crippen molar-refractivity contribution in [1.29, 1.82) is 0 Å². The van der Waals surface area contributed by atoms with Crippen LogP contribution in [0.4, 0.5) is 5.69 Å². The molecule has 0 N–H and O–H groups in total. The molecule has 5 heteroatoms. The van der Waals surface area contributed by atoms with E-state index in [1.54, 1.807) is 18.2 Å². The summed E-state index contributed by atoms with van der Waals surface area (Å²) >= 11 is 1.51. The number of fused-ring (bicyclic) bond motifs is 1. The smallest absolute Gasteiger partial charge is 0.283 e. The first kappa shape index (κ1) is 9.59. The van der Waals surface area contributed by atoms with Crippen LogP contribution in [0, 0.1) is 0 Å². The van der Waals surface area contributed by atoms with E-state index in [-0.39, 0.29) is 0 Å². The normalized spacial score (nSPS) is 19.0. The third-order valence-electron chi connectivity index (χ3n) is 2.55. The second-order valence-electron chi connectivity index (χ2n) is 3.50. The second-order valence-corrected chi connectivity index (χ2v) is 4.56. The number of amidine groups is 1. The van der Waals surface area contributed by atoms with E-state index in [9.17, 15) is 9.59 Å². The number of Topliss-reactive ketones (excluding diaryl/α,β-unsaturated/α-hetero) is 1. The zero-order valence-corrected chi connectivity index (χ0v) is 9.16. The third kappa shape index (κ3) is 1.21. The Morgan fingerprint density at radius 2 is 2.06 bits per heavy atom. The average molecular weight is 232 g/mol. The van der Waals surface area contributed by atoms with Crippen LogP contribution in [0.5, 0.6) is 0 Å². The lowest BCUT2D eigenvalue weighted by Gasteiger charge is -2.14. The van der Waals surface area contributed by atoms with Crippen molar-refractivity contribution in [2.45, 2.75) is 0 Å². The molecule has 2 heterocycles. The molecule has 2 aliphatic heterocycles. The van der Waals surface area contributed by atoms with Crippen LogP contribution in [-0.4, -0.2) is 29.2 Å². The van der Waals surface area contributed by atoms with Gasteiger partial charge >= 0.3 is 5.91 Å². The van der Waals surface area contributed by atoms with Gasteiger partial charge in [-0.25, -0.2) is 0 Å². The summed E-state index contributed by atoms with van der Waals surface area (Å²) < 4.78 is 0. The van der Waals surface area contributed by atoms with Gasteiger partial charge in [0.15, 0.2) is 5.17 Å². The summed E-state index contributed by atoms with van der Waals surface area (Å²) in [7, 11) is 0. The standard InChI is InChI=1S/C11H8N2O2S/c14-9-7-3-1-2-4-8(7)13(10(9)15)11-12-5-6-16-11/h1-4H,5-6H2. The summed E-state index contributed by atoms with van der Waals surface area (Å²) in [5, 5.41) is 0.642. The van der Waals surface area contributed by atoms with Crippen LogP contribution in [0.25, 0.3) is 0 Å². The van der Waals surface area contributed by atoms with Gasteiger partial charge in [0.25, 0.3) is 5.78 Å². The molecule has 0 fully saturated rings. The fourth-order valence-corrected chi connectivity index (χ4v) is 2.69. The van der Waals surface area contributed by atoms with Crippen molar-refractivity contribution in [2.75, 3.05) is 17.2 Å². The summed E-state index contributed by atoms with van der Waals surface area (Å²) in [6, 6.07) is 7.03. The van der Waals surface area contributed by atoms with E-state index in [0.717, 1.165) is 5.75 Å². The lowest BCUT2D eigenvalue weighted by molar-refractivity contribution is -0.113. The molecule has 16 heavy (non-hydrogen) atoms. The van der Waals surface area contributed by atoms with E-state index in [1.165, 1.54) is 16.7 Å². The minimum absolute atomic E-state index is 0.439. The fourth-order valence-electron chi connectivity index (χ4n) is 1.84. The van der Waals surface area contributed by atoms with E-state index < -0.39 is 11.7 Å². The predicted molar refractivity (Wildman–Crippen MR) is 63.0 cm³/mol. The molecule has 1 amide bonds. The highest BCUT2D eigenvalue weighted by Gasteiger charge is 2.38. The fraction of sp³-hybridized carbons (Fsp3) is 0.182. The number of anilines is 1. The van der Waals surface area contributed by atoms with Crippen LogP contribution < -0.4 is 4.90 Å². The lowest BCUT2D eigenvalue weighted by Crippen LogP contribution is -2.33. The Morgan fingerprint density at radius 1 is 1.25 bits per heavy atom. The van der Waals surface area contributed by atoms with Gasteiger partial charge in [-0.1, -0.05) is 23.9 Å². The van der Waals surface area contributed by atoms with Gasteiger partial charge in [0, 0.05) is 5.75 Å². The van der Waals surface area contributed by atoms with Gasteiger partial charge in [-0.15, -0.1) is 0 Å². The Labute approximate surface area is 96.3 Å². The SMILES string of the molecule is O=C1C(=O)N(C2=NCCS2)c2ccccc21. The Bertz CT molecular complexity index is 522. The van der Waals surface area contributed by atoms with Crippen LogP contribution in [0.3, 0.4) is 0 Å². The number of hydrogen-bond donors (Lipinski definition) is 0. The van der Waals surface area contributed by atoms with Crippen molar-refractivity contribution >= 4 is 34.3 Å². The predicted octanol–water partition coefficient (Wildman–Crippen LogP) is 1.32. The lowest BCUT2D eigenvalue weighted by atomic mass is 10.1. The van der Waals surface area contributed by atoms with Crippen molar-refractivity contribution in [3.63, 3.8) is 0 Å². The van der Waals surface area contributed by atoms with Gasteiger partial charge in [0.1, 0.15) is 0 Å². The van der Waals surface area contributed by atoms with Gasteiger partial charge in [-0.05, 0) is 12.1 Å². The maximum atomic E-state index is 11.8. The first-order valence-corrected chi connectivity index (χ1v) is 5.92. The van der Waals surface area contributed by atoms with E-state index in [2.05, 4.69) is 4.99 Å². The van der Waals surface area contributed by atoms with Crippen molar-refractivity contribution in [3.8, 4) is 0 Å². The average Bonchev–Trinajstić information content (AvgIpc) is 2.89. The molecule has 0 spiro atoms. The molecule has 0 radical (unpaired) electrons. The number of rotatable bonds is 0. The Hall–Kier alpha value is -1.62. The molecule has 0 bridgehead atoms. The van der Waals surface area contributed by atoms with Gasteiger partial charge in [-0.2, -0.15) is 0 Å². The summed E-state index contributed by atoms with van der Waals surface area (Å²) in [6.07, 6.45) is 0. The highest BCUT2D eigenvalue weighted by molar-refractivity contribution is 8.14. The number of nitrogens with zero attached hydrogens (tertiary/aromatic N) is 2. The van der Waals surface area contributed by atoms with Crippen molar-refractivity contribution < 1.29 is 9.59 Å². The van der Waals surface area contributed by atoms with E-state index in [0.29, 0.717) is 23.0 Å². The maximum absolute atomic E-state index is 11.8. The van der Waals surface area contributed by atoms with Crippen LogP contribution in [0.1, 0.15) is 10.4 Å². The molecule has 1 aromatic rings. The number of amides is 1. The van der Waals surface area contributed by atoms with E-state index in [4.69, 9.17) is 0 Å². The molecule has 0 aromatic heterocycles. The monoisotopic (exact) mass is 232 g/mol.